The number of thiocarbonyl (C=S) groups is 1. The molecular formula is C25H23F2N3O3S. The van der Waals surface area contributed by atoms with Crippen LogP contribution in [0.2, 0.25) is 0 Å². The van der Waals surface area contributed by atoms with Crippen molar-refractivity contribution in [2.24, 2.45) is 0 Å². The van der Waals surface area contributed by atoms with E-state index in [0.29, 0.717) is 33.6 Å². The summed E-state index contributed by atoms with van der Waals surface area (Å²) in [5, 5.41) is 27.1. The fraction of sp³-hybridized carbons (Fsp3) is 0.160. The molecule has 5 N–H and O–H groups in total. The highest BCUT2D eigenvalue weighted by atomic mass is 32.1. The molecule has 0 amide bonds. The zero-order valence-electron chi connectivity index (χ0n) is 18.2. The van der Waals surface area contributed by atoms with Gasteiger partial charge in [0.1, 0.15) is 11.9 Å². The maximum Gasteiger partial charge on any atom is 0.171 e. The Labute approximate surface area is 200 Å². The zero-order chi connectivity index (χ0) is 24.2. The van der Waals surface area contributed by atoms with Gasteiger partial charge in [0.2, 0.25) is 0 Å². The normalized spacial score (nSPS) is 12.9. The summed E-state index contributed by atoms with van der Waals surface area (Å²) in [6, 6.07) is 17.5. The van der Waals surface area contributed by atoms with Gasteiger partial charge in [-0.05, 0) is 48.1 Å². The topological polar surface area (TPSA) is 89.5 Å². The van der Waals surface area contributed by atoms with E-state index in [1.807, 2.05) is 6.07 Å². The van der Waals surface area contributed by atoms with Gasteiger partial charge in [0, 0.05) is 28.2 Å². The van der Waals surface area contributed by atoms with Crippen LogP contribution in [0.25, 0.3) is 22.2 Å². The summed E-state index contributed by atoms with van der Waals surface area (Å²) in [7, 11) is 1.51. The molecule has 0 spiro atoms. The zero-order valence-corrected chi connectivity index (χ0v) is 19.0. The van der Waals surface area contributed by atoms with E-state index in [9.17, 15) is 19.0 Å². The number of hydrogen-bond donors (Lipinski definition) is 5. The second-order valence-corrected chi connectivity index (χ2v) is 8.10. The van der Waals surface area contributed by atoms with Gasteiger partial charge in [-0.15, -0.1) is 0 Å². The first-order chi connectivity index (χ1) is 16.4. The van der Waals surface area contributed by atoms with Crippen LogP contribution in [0.4, 0.5) is 14.5 Å². The lowest BCUT2D eigenvalue weighted by atomic mass is 10.0. The number of aromatic amines is 1. The van der Waals surface area contributed by atoms with E-state index in [1.165, 1.54) is 7.11 Å². The summed E-state index contributed by atoms with van der Waals surface area (Å²) in [5.74, 6) is -1.33. The Morgan fingerprint density at radius 2 is 1.79 bits per heavy atom. The molecule has 34 heavy (non-hydrogen) atoms. The molecule has 0 radical (unpaired) electrons. The molecule has 4 aromatic rings. The average Bonchev–Trinajstić information content (AvgIpc) is 3.25. The maximum absolute atomic E-state index is 13.6. The van der Waals surface area contributed by atoms with E-state index in [-0.39, 0.29) is 11.7 Å². The van der Waals surface area contributed by atoms with Crippen molar-refractivity contribution in [2.45, 2.75) is 12.1 Å². The number of aliphatic hydroxyl groups is 2. The van der Waals surface area contributed by atoms with E-state index in [0.717, 1.165) is 17.7 Å². The van der Waals surface area contributed by atoms with Crippen molar-refractivity contribution in [3.8, 4) is 17.0 Å². The number of aromatic nitrogens is 1. The molecule has 0 bridgehead atoms. The summed E-state index contributed by atoms with van der Waals surface area (Å²) in [6.45, 7) is -0.350. The molecule has 0 saturated heterocycles. The Bertz CT molecular complexity index is 1270. The monoisotopic (exact) mass is 483 g/mol. The molecule has 9 heteroatoms. The van der Waals surface area contributed by atoms with E-state index >= 15 is 0 Å². The first-order valence-electron chi connectivity index (χ1n) is 10.5. The van der Waals surface area contributed by atoms with Crippen molar-refractivity contribution < 1.29 is 23.7 Å². The first-order valence-corrected chi connectivity index (χ1v) is 10.9. The Hall–Kier alpha value is -3.53. The van der Waals surface area contributed by atoms with Crippen LogP contribution in [-0.4, -0.2) is 40.1 Å². The molecule has 3 aromatic carbocycles. The lowest BCUT2D eigenvalue weighted by molar-refractivity contribution is 0.100. The highest BCUT2D eigenvalue weighted by Gasteiger charge is 2.21. The number of fused-ring (bicyclic) bond motifs is 1. The quantitative estimate of drug-likeness (QED) is 0.249. The van der Waals surface area contributed by atoms with Crippen LogP contribution in [0.1, 0.15) is 11.7 Å². The molecule has 0 aliphatic rings. The Morgan fingerprint density at radius 1 is 1.06 bits per heavy atom. The molecule has 0 aliphatic heterocycles. The highest BCUT2D eigenvalue weighted by molar-refractivity contribution is 7.80. The minimum atomic E-state index is -0.980. The van der Waals surface area contributed by atoms with Gasteiger partial charge >= 0.3 is 0 Å². The standard InChI is InChI=1S/C25H23F2N3O3S/c1-33-23-8-7-15(19-11-16-9-17(26)18(27)12-20(16)28-19)10-21(23)29-25(34)30-22(13-31)24(32)14-5-3-2-4-6-14/h2-12,22,24,28,31-32H,13H2,1H3,(H2,29,30,34)/t22-,24-/m0/s1. The van der Waals surface area contributed by atoms with Crippen molar-refractivity contribution in [3.63, 3.8) is 0 Å². The first kappa shape index (κ1) is 23.6. The van der Waals surface area contributed by atoms with Crippen LogP contribution in [0.15, 0.2) is 66.7 Å². The van der Waals surface area contributed by atoms with E-state index in [1.54, 1.807) is 48.5 Å². The van der Waals surface area contributed by atoms with E-state index < -0.39 is 23.8 Å². The number of benzene rings is 3. The average molecular weight is 484 g/mol. The van der Waals surface area contributed by atoms with Crippen molar-refractivity contribution in [2.75, 3.05) is 19.0 Å². The van der Waals surface area contributed by atoms with Gasteiger partial charge in [0.05, 0.1) is 25.4 Å². The number of hydrogen-bond acceptors (Lipinski definition) is 4. The number of methoxy groups -OCH3 is 1. The molecule has 176 valence electrons. The molecular weight excluding hydrogens is 460 g/mol. The summed E-state index contributed by atoms with van der Waals surface area (Å²) in [6.07, 6.45) is -0.980. The number of H-pyrrole nitrogens is 1. The third-order valence-electron chi connectivity index (χ3n) is 5.46. The molecule has 1 heterocycles. The Morgan fingerprint density at radius 3 is 2.50 bits per heavy atom. The highest BCUT2D eigenvalue weighted by Crippen LogP contribution is 2.32. The van der Waals surface area contributed by atoms with Crippen molar-refractivity contribution in [3.05, 3.63) is 83.9 Å². The van der Waals surface area contributed by atoms with Crippen molar-refractivity contribution >= 4 is 33.9 Å². The molecule has 0 fully saturated rings. The number of anilines is 1. The van der Waals surface area contributed by atoms with Crippen molar-refractivity contribution in [1.29, 1.82) is 0 Å². The van der Waals surface area contributed by atoms with Gasteiger partial charge in [-0.3, -0.25) is 0 Å². The second-order valence-electron chi connectivity index (χ2n) is 7.69. The van der Waals surface area contributed by atoms with Crippen LogP contribution in [0, 0.1) is 11.6 Å². The van der Waals surface area contributed by atoms with Crippen LogP contribution in [-0.2, 0) is 0 Å². The Kier molecular flexibility index (Phi) is 7.06. The van der Waals surface area contributed by atoms with Crippen molar-refractivity contribution in [1.82, 2.24) is 10.3 Å². The molecule has 0 unspecified atom stereocenters. The number of halogens is 2. The second kappa shape index (κ2) is 10.2. The fourth-order valence-corrected chi connectivity index (χ4v) is 3.95. The minimum Gasteiger partial charge on any atom is -0.495 e. The molecule has 6 nitrogen and oxygen atoms in total. The number of nitrogens with one attached hydrogen (secondary N) is 3. The third-order valence-corrected chi connectivity index (χ3v) is 5.68. The predicted molar refractivity (Wildman–Crippen MR) is 132 cm³/mol. The van der Waals surface area contributed by atoms with Gasteiger partial charge < -0.3 is 30.6 Å². The minimum absolute atomic E-state index is 0.172. The number of rotatable bonds is 7. The summed E-state index contributed by atoms with van der Waals surface area (Å²) < 4.78 is 32.6. The van der Waals surface area contributed by atoms with Gasteiger partial charge in [0.15, 0.2) is 16.7 Å². The van der Waals surface area contributed by atoms with Gasteiger partial charge in [-0.25, -0.2) is 8.78 Å². The number of aliphatic hydroxyl groups excluding tert-OH is 2. The maximum atomic E-state index is 13.6. The summed E-state index contributed by atoms with van der Waals surface area (Å²) in [4.78, 5) is 3.08. The molecule has 4 rings (SSSR count). The lowest BCUT2D eigenvalue weighted by Crippen LogP contribution is -2.43. The predicted octanol–water partition coefficient (Wildman–Crippen LogP) is 4.50. The lowest BCUT2D eigenvalue weighted by Gasteiger charge is -2.24. The van der Waals surface area contributed by atoms with E-state index in [4.69, 9.17) is 17.0 Å². The van der Waals surface area contributed by atoms with Crippen LogP contribution < -0.4 is 15.4 Å². The van der Waals surface area contributed by atoms with Gasteiger partial charge in [-0.1, -0.05) is 30.3 Å². The van der Waals surface area contributed by atoms with Crippen LogP contribution in [0.3, 0.4) is 0 Å². The van der Waals surface area contributed by atoms with Crippen LogP contribution >= 0.6 is 12.2 Å². The smallest absolute Gasteiger partial charge is 0.171 e. The Balaban J connectivity index is 1.55. The SMILES string of the molecule is COc1ccc(-c2cc3cc(F)c(F)cc3[nH]2)cc1NC(=S)N[C@@H](CO)[C@@H](O)c1ccccc1. The number of ether oxygens (including phenoxy) is 1. The fourth-order valence-electron chi connectivity index (χ4n) is 3.69. The summed E-state index contributed by atoms with van der Waals surface area (Å²) >= 11 is 5.41. The largest absolute Gasteiger partial charge is 0.495 e. The third kappa shape index (κ3) is 5.01. The molecule has 0 aliphatic carbocycles. The van der Waals surface area contributed by atoms with E-state index in [2.05, 4.69) is 15.6 Å². The van der Waals surface area contributed by atoms with Gasteiger partial charge in [-0.2, -0.15) is 0 Å². The van der Waals surface area contributed by atoms with Gasteiger partial charge in [0.25, 0.3) is 0 Å². The molecule has 0 saturated carbocycles. The molecule has 2 atom stereocenters. The molecule has 1 aromatic heterocycles. The summed E-state index contributed by atoms with van der Waals surface area (Å²) in [5.41, 5.74) is 3.02. The van der Waals surface area contributed by atoms with Crippen LogP contribution in [0.5, 0.6) is 5.75 Å².